The summed E-state index contributed by atoms with van der Waals surface area (Å²) in [6.45, 7) is 2.71. The Morgan fingerprint density at radius 1 is 1.40 bits per heavy atom. The van der Waals surface area contributed by atoms with Gasteiger partial charge in [0.15, 0.2) is 5.96 Å². The Kier molecular flexibility index (Phi) is 3.54. The SMILES string of the molecule is c1cncc(CNC2=NCCCCN2)c1. The molecule has 1 aromatic heterocycles. The molecule has 1 aromatic rings. The maximum absolute atomic E-state index is 4.41. The molecule has 0 aromatic carbocycles. The van der Waals surface area contributed by atoms with E-state index < -0.39 is 0 Å². The average Bonchev–Trinajstić information content (AvgIpc) is 2.56. The van der Waals surface area contributed by atoms with E-state index in [4.69, 9.17) is 0 Å². The van der Waals surface area contributed by atoms with Gasteiger partial charge in [-0.05, 0) is 24.5 Å². The van der Waals surface area contributed by atoms with Crippen LogP contribution in [0.25, 0.3) is 0 Å². The van der Waals surface area contributed by atoms with Crippen molar-refractivity contribution in [3.63, 3.8) is 0 Å². The second-order valence-corrected chi connectivity index (χ2v) is 3.58. The number of nitrogens with one attached hydrogen (secondary N) is 2. The summed E-state index contributed by atoms with van der Waals surface area (Å²) in [4.78, 5) is 8.48. The summed E-state index contributed by atoms with van der Waals surface area (Å²) in [5, 5.41) is 6.55. The van der Waals surface area contributed by atoms with Crippen LogP contribution in [0.15, 0.2) is 29.5 Å². The molecule has 0 amide bonds. The van der Waals surface area contributed by atoms with Crippen molar-refractivity contribution in [1.29, 1.82) is 0 Å². The van der Waals surface area contributed by atoms with E-state index in [1.807, 2.05) is 12.3 Å². The molecule has 4 nitrogen and oxygen atoms in total. The Hall–Kier alpha value is -1.58. The molecule has 0 unspecified atom stereocenters. The van der Waals surface area contributed by atoms with Gasteiger partial charge in [0.05, 0.1) is 0 Å². The highest BCUT2D eigenvalue weighted by atomic mass is 15.2. The number of pyridine rings is 1. The van der Waals surface area contributed by atoms with Crippen molar-refractivity contribution in [3.05, 3.63) is 30.1 Å². The monoisotopic (exact) mass is 204 g/mol. The minimum atomic E-state index is 0.777. The third kappa shape index (κ3) is 3.23. The van der Waals surface area contributed by atoms with Gasteiger partial charge in [-0.25, -0.2) is 0 Å². The van der Waals surface area contributed by atoms with Crippen molar-refractivity contribution in [2.24, 2.45) is 4.99 Å². The minimum absolute atomic E-state index is 0.777. The molecule has 2 N–H and O–H groups in total. The number of aliphatic imine (C=N–C) groups is 1. The van der Waals surface area contributed by atoms with Crippen molar-refractivity contribution in [2.45, 2.75) is 19.4 Å². The number of guanidine groups is 1. The number of nitrogens with zero attached hydrogens (tertiary/aromatic N) is 2. The predicted octanol–water partition coefficient (Wildman–Crippen LogP) is 0.911. The van der Waals surface area contributed by atoms with Gasteiger partial charge in [0.1, 0.15) is 0 Å². The summed E-state index contributed by atoms with van der Waals surface area (Å²) in [6, 6.07) is 4.00. The zero-order valence-corrected chi connectivity index (χ0v) is 8.74. The minimum Gasteiger partial charge on any atom is -0.356 e. The van der Waals surface area contributed by atoms with Crippen LogP contribution in [0, 0.1) is 0 Å². The number of hydrogen-bond donors (Lipinski definition) is 2. The molecule has 15 heavy (non-hydrogen) atoms. The molecular formula is C11H16N4. The Bertz CT molecular complexity index is 321. The molecule has 0 saturated carbocycles. The van der Waals surface area contributed by atoms with Crippen LogP contribution >= 0.6 is 0 Å². The molecule has 0 fully saturated rings. The van der Waals surface area contributed by atoms with E-state index in [1.165, 1.54) is 18.4 Å². The van der Waals surface area contributed by atoms with E-state index in [9.17, 15) is 0 Å². The number of rotatable bonds is 2. The van der Waals surface area contributed by atoms with Gasteiger partial charge in [-0.3, -0.25) is 9.98 Å². The fourth-order valence-electron chi connectivity index (χ4n) is 1.50. The normalized spacial score (nSPS) is 16.1. The van der Waals surface area contributed by atoms with E-state index in [2.05, 4.69) is 26.7 Å². The van der Waals surface area contributed by atoms with E-state index in [-0.39, 0.29) is 0 Å². The van der Waals surface area contributed by atoms with Crippen LogP contribution in [0.1, 0.15) is 18.4 Å². The van der Waals surface area contributed by atoms with Gasteiger partial charge in [-0.15, -0.1) is 0 Å². The molecule has 0 atom stereocenters. The summed E-state index contributed by atoms with van der Waals surface area (Å²) in [5.41, 5.74) is 1.17. The number of aromatic nitrogens is 1. The lowest BCUT2D eigenvalue weighted by atomic mass is 10.3. The molecule has 2 heterocycles. The van der Waals surface area contributed by atoms with Gasteiger partial charge in [0.2, 0.25) is 0 Å². The fourth-order valence-corrected chi connectivity index (χ4v) is 1.50. The first-order valence-corrected chi connectivity index (χ1v) is 5.36. The zero-order chi connectivity index (χ0) is 10.3. The smallest absolute Gasteiger partial charge is 0.191 e. The second-order valence-electron chi connectivity index (χ2n) is 3.58. The zero-order valence-electron chi connectivity index (χ0n) is 8.74. The standard InChI is InChI=1S/C11H16N4/c1-2-7-14-11(13-6-1)15-9-10-4-3-5-12-8-10/h3-5,8H,1-2,6-7,9H2,(H2,13,14,15). The summed E-state index contributed by atoms with van der Waals surface area (Å²) >= 11 is 0. The molecule has 0 bridgehead atoms. The van der Waals surface area contributed by atoms with Crippen LogP contribution in [-0.4, -0.2) is 24.0 Å². The van der Waals surface area contributed by atoms with Crippen LogP contribution in [0.3, 0.4) is 0 Å². The van der Waals surface area contributed by atoms with Gasteiger partial charge < -0.3 is 10.6 Å². The van der Waals surface area contributed by atoms with Crippen molar-refractivity contribution in [2.75, 3.05) is 13.1 Å². The van der Waals surface area contributed by atoms with Gasteiger partial charge in [0.25, 0.3) is 0 Å². The third-order valence-corrected chi connectivity index (χ3v) is 2.33. The molecule has 0 aliphatic carbocycles. The second kappa shape index (κ2) is 5.34. The largest absolute Gasteiger partial charge is 0.356 e. The van der Waals surface area contributed by atoms with Gasteiger partial charge in [0, 0.05) is 32.0 Å². The van der Waals surface area contributed by atoms with Crippen LogP contribution in [0.4, 0.5) is 0 Å². The highest BCUT2D eigenvalue weighted by Gasteiger charge is 2.01. The van der Waals surface area contributed by atoms with Crippen LogP contribution in [0.5, 0.6) is 0 Å². The third-order valence-electron chi connectivity index (χ3n) is 2.33. The molecule has 1 aliphatic heterocycles. The first kappa shape index (κ1) is 9.96. The summed E-state index contributed by atoms with van der Waals surface area (Å²) in [7, 11) is 0. The molecule has 4 heteroatoms. The Morgan fingerprint density at radius 2 is 2.40 bits per heavy atom. The van der Waals surface area contributed by atoms with Gasteiger partial charge >= 0.3 is 0 Å². The average molecular weight is 204 g/mol. The van der Waals surface area contributed by atoms with E-state index >= 15 is 0 Å². The molecule has 0 saturated heterocycles. The molecular weight excluding hydrogens is 188 g/mol. The summed E-state index contributed by atoms with van der Waals surface area (Å²) in [6.07, 6.45) is 6.02. The Balaban J connectivity index is 1.84. The van der Waals surface area contributed by atoms with Crippen molar-refractivity contribution < 1.29 is 0 Å². The topological polar surface area (TPSA) is 49.3 Å². The Morgan fingerprint density at radius 3 is 3.27 bits per heavy atom. The van der Waals surface area contributed by atoms with Gasteiger partial charge in [-0.2, -0.15) is 0 Å². The highest BCUT2D eigenvalue weighted by Crippen LogP contribution is 1.96. The van der Waals surface area contributed by atoms with Crippen molar-refractivity contribution in [1.82, 2.24) is 15.6 Å². The first-order valence-electron chi connectivity index (χ1n) is 5.36. The summed E-state index contributed by atoms with van der Waals surface area (Å²) in [5.74, 6) is 0.913. The van der Waals surface area contributed by atoms with Crippen molar-refractivity contribution >= 4 is 5.96 Å². The molecule has 1 aliphatic rings. The predicted molar refractivity (Wildman–Crippen MR) is 60.6 cm³/mol. The highest BCUT2D eigenvalue weighted by molar-refractivity contribution is 5.79. The van der Waals surface area contributed by atoms with Crippen molar-refractivity contribution in [3.8, 4) is 0 Å². The van der Waals surface area contributed by atoms with Crippen LogP contribution in [-0.2, 0) is 6.54 Å². The maximum atomic E-state index is 4.41. The van der Waals surface area contributed by atoms with Crippen LogP contribution < -0.4 is 10.6 Å². The Labute approximate surface area is 89.8 Å². The lowest BCUT2D eigenvalue weighted by molar-refractivity contribution is 0.742. The molecule has 80 valence electrons. The van der Waals surface area contributed by atoms with Crippen LogP contribution in [0.2, 0.25) is 0 Å². The molecule has 0 radical (unpaired) electrons. The quantitative estimate of drug-likeness (QED) is 0.753. The lowest BCUT2D eigenvalue weighted by Gasteiger charge is -2.09. The van der Waals surface area contributed by atoms with Gasteiger partial charge in [-0.1, -0.05) is 6.07 Å². The van der Waals surface area contributed by atoms with E-state index in [0.717, 1.165) is 25.6 Å². The van der Waals surface area contributed by atoms with E-state index in [1.54, 1.807) is 6.20 Å². The van der Waals surface area contributed by atoms with E-state index in [0.29, 0.717) is 0 Å². The first-order chi connectivity index (χ1) is 7.45. The fraction of sp³-hybridized carbons (Fsp3) is 0.455. The molecule has 2 rings (SSSR count). The molecule has 0 spiro atoms. The maximum Gasteiger partial charge on any atom is 0.191 e. The number of hydrogen-bond acceptors (Lipinski definition) is 4. The lowest BCUT2D eigenvalue weighted by Crippen LogP contribution is -2.36. The summed E-state index contributed by atoms with van der Waals surface area (Å²) < 4.78 is 0.